The Labute approximate surface area is 209 Å². The lowest BCUT2D eigenvalue weighted by molar-refractivity contribution is -0.134. The topological polar surface area (TPSA) is 76.5 Å². The smallest absolute Gasteiger partial charge is 0.273 e. The van der Waals surface area contributed by atoms with Crippen LogP contribution in [0.4, 0.5) is 0 Å². The van der Waals surface area contributed by atoms with Crippen LogP contribution < -0.4 is 10.1 Å². The second-order valence-electron chi connectivity index (χ2n) is 10.5. The van der Waals surface area contributed by atoms with E-state index >= 15 is 0 Å². The summed E-state index contributed by atoms with van der Waals surface area (Å²) < 4.78 is 7.31. The van der Waals surface area contributed by atoms with E-state index in [0.717, 1.165) is 42.7 Å². The minimum absolute atomic E-state index is 0.0883. The van der Waals surface area contributed by atoms with Crippen molar-refractivity contribution in [3.05, 3.63) is 47.3 Å². The van der Waals surface area contributed by atoms with Crippen molar-refractivity contribution in [1.82, 2.24) is 20.0 Å². The first-order valence-corrected chi connectivity index (χ1v) is 13.2. The van der Waals surface area contributed by atoms with Crippen molar-refractivity contribution in [2.45, 2.75) is 103 Å². The monoisotopic (exact) mass is 480 g/mol. The Morgan fingerprint density at radius 2 is 1.80 bits per heavy atom. The third kappa shape index (κ3) is 5.54. The zero-order chi connectivity index (χ0) is 25.0. The van der Waals surface area contributed by atoms with Gasteiger partial charge in [-0.25, -0.2) is 0 Å². The Balaban J connectivity index is 1.63. The zero-order valence-corrected chi connectivity index (χ0v) is 21.7. The number of aromatic nitrogens is 2. The summed E-state index contributed by atoms with van der Waals surface area (Å²) in [6, 6.07) is 9.81. The minimum Gasteiger partial charge on any atom is -0.494 e. The van der Waals surface area contributed by atoms with Gasteiger partial charge in [-0.2, -0.15) is 5.10 Å². The summed E-state index contributed by atoms with van der Waals surface area (Å²) in [4.78, 5) is 29.4. The molecule has 1 fully saturated rings. The molecule has 1 aromatic heterocycles. The van der Waals surface area contributed by atoms with Crippen LogP contribution in [0.2, 0.25) is 0 Å². The first kappa shape index (κ1) is 25.3. The molecule has 2 aliphatic rings. The number of nitrogens with zero attached hydrogens (tertiary/aromatic N) is 3. The lowest BCUT2D eigenvalue weighted by Crippen LogP contribution is -2.64. The van der Waals surface area contributed by atoms with Gasteiger partial charge in [0, 0.05) is 12.6 Å². The third-order valence-electron chi connectivity index (χ3n) is 7.41. The van der Waals surface area contributed by atoms with Crippen LogP contribution in [-0.2, 0) is 17.9 Å². The van der Waals surface area contributed by atoms with Crippen molar-refractivity contribution < 1.29 is 14.3 Å². The predicted octanol–water partition coefficient (Wildman–Crippen LogP) is 5.05. The molecule has 7 nitrogen and oxygen atoms in total. The summed E-state index contributed by atoms with van der Waals surface area (Å²) in [5.41, 5.74) is 1.35. The number of amides is 2. The highest BCUT2D eigenvalue weighted by molar-refractivity contribution is 5.99. The highest BCUT2D eigenvalue weighted by Gasteiger charge is 2.48. The van der Waals surface area contributed by atoms with Crippen LogP contribution in [0.3, 0.4) is 0 Å². The molecule has 2 aromatic rings. The van der Waals surface area contributed by atoms with Gasteiger partial charge in [0.25, 0.3) is 5.91 Å². The Bertz CT molecular complexity index is 1020. The van der Waals surface area contributed by atoms with Gasteiger partial charge in [-0.3, -0.25) is 14.3 Å². The zero-order valence-electron chi connectivity index (χ0n) is 21.7. The SMILES string of the molecule is CCOc1ccc(CN2C(=O)c3cc(C(C)C)nn3CC2(C)C(=O)NC2CCCCCCC2)cc1. The van der Waals surface area contributed by atoms with Gasteiger partial charge < -0.3 is 15.0 Å². The molecule has 0 bridgehead atoms. The fraction of sp³-hybridized carbons (Fsp3) is 0.607. The van der Waals surface area contributed by atoms with Gasteiger partial charge in [-0.05, 0) is 56.4 Å². The number of nitrogens with one attached hydrogen (secondary N) is 1. The molecule has 35 heavy (non-hydrogen) atoms. The van der Waals surface area contributed by atoms with Crippen molar-refractivity contribution in [3.63, 3.8) is 0 Å². The van der Waals surface area contributed by atoms with Crippen LogP contribution in [0.15, 0.2) is 30.3 Å². The highest BCUT2D eigenvalue weighted by atomic mass is 16.5. The summed E-state index contributed by atoms with van der Waals surface area (Å²) in [7, 11) is 0. The first-order chi connectivity index (χ1) is 16.8. The molecule has 1 saturated carbocycles. The largest absolute Gasteiger partial charge is 0.494 e. The van der Waals surface area contributed by atoms with E-state index < -0.39 is 5.54 Å². The Morgan fingerprint density at radius 1 is 1.14 bits per heavy atom. The third-order valence-corrected chi connectivity index (χ3v) is 7.41. The molecular formula is C28H40N4O3. The summed E-state index contributed by atoms with van der Waals surface area (Å²) in [6.45, 7) is 9.27. The van der Waals surface area contributed by atoms with Crippen molar-refractivity contribution in [3.8, 4) is 5.75 Å². The quantitative estimate of drug-likeness (QED) is 0.602. The van der Waals surface area contributed by atoms with Crippen LogP contribution in [0, 0.1) is 0 Å². The second-order valence-corrected chi connectivity index (χ2v) is 10.5. The number of fused-ring (bicyclic) bond motifs is 1. The summed E-state index contributed by atoms with van der Waals surface area (Å²) in [6.07, 6.45) is 8.00. The Morgan fingerprint density at radius 3 is 2.43 bits per heavy atom. The second kappa shape index (κ2) is 10.8. The number of carbonyl (C=O) groups excluding carboxylic acids is 2. The molecular weight excluding hydrogens is 440 g/mol. The Hall–Kier alpha value is -2.83. The molecule has 7 heteroatoms. The minimum atomic E-state index is -1.04. The molecule has 1 N–H and O–H groups in total. The average Bonchev–Trinajstić information content (AvgIpc) is 3.24. The molecule has 0 saturated heterocycles. The lowest BCUT2D eigenvalue weighted by atomic mass is 9.91. The standard InChI is InChI=1S/C28H40N4O3/c1-5-35-23-15-13-21(14-16-23)18-31-26(33)25-17-24(20(2)3)30-32(25)19-28(31,4)27(34)29-22-11-9-7-6-8-10-12-22/h13-17,20,22H,5-12,18-19H2,1-4H3,(H,29,34). The van der Waals surface area contributed by atoms with Crippen LogP contribution >= 0.6 is 0 Å². The van der Waals surface area contributed by atoms with Gasteiger partial charge in [0.2, 0.25) is 5.91 Å². The molecule has 1 aliphatic heterocycles. The Kier molecular flexibility index (Phi) is 7.82. The number of hydrogen-bond donors (Lipinski definition) is 1. The van der Waals surface area contributed by atoms with Crippen molar-refractivity contribution >= 4 is 11.8 Å². The maximum absolute atomic E-state index is 13.9. The first-order valence-electron chi connectivity index (χ1n) is 13.2. The van der Waals surface area contributed by atoms with E-state index in [4.69, 9.17) is 9.84 Å². The van der Waals surface area contributed by atoms with Gasteiger partial charge in [0.15, 0.2) is 0 Å². The maximum Gasteiger partial charge on any atom is 0.273 e. The van der Waals surface area contributed by atoms with Crippen LogP contribution in [0.5, 0.6) is 5.75 Å². The van der Waals surface area contributed by atoms with Crippen molar-refractivity contribution in [2.24, 2.45) is 0 Å². The molecule has 4 rings (SSSR count). The number of hydrogen-bond acceptors (Lipinski definition) is 4. The van der Waals surface area contributed by atoms with Gasteiger partial charge in [-0.15, -0.1) is 0 Å². The van der Waals surface area contributed by atoms with E-state index in [-0.39, 0.29) is 23.8 Å². The lowest BCUT2D eigenvalue weighted by Gasteiger charge is -2.44. The van der Waals surface area contributed by atoms with Gasteiger partial charge in [0.05, 0.1) is 18.8 Å². The predicted molar refractivity (Wildman–Crippen MR) is 136 cm³/mol. The molecule has 1 aliphatic carbocycles. The van der Waals surface area contributed by atoms with E-state index in [1.54, 1.807) is 9.58 Å². The van der Waals surface area contributed by atoms with E-state index in [0.29, 0.717) is 25.4 Å². The number of benzene rings is 1. The van der Waals surface area contributed by atoms with E-state index in [1.807, 2.05) is 44.2 Å². The summed E-state index contributed by atoms with van der Waals surface area (Å²) in [5.74, 6) is 0.760. The summed E-state index contributed by atoms with van der Waals surface area (Å²) in [5, 5.41) is 8.02. The summed E-state index contributed by atoms with van der Waals surface area (Å²) >= 11 is 0. The fourth-order valence-corrected chi connectivity index (χ4v) is 5.17. The number of ether oxygens (including phenoxy) is 1. The molecule has 2 heterocycles. The normalized spacial score (nSPS) is 21.4. The number of rotatable bonds is 7. The van der Waals surface area contributed by atoms with E-state index in [1.165, 1.54) is 19.3 Å². The van der Waals surface area contributed by atoms with Crippen LogP contribution in [0.1, 0.15) is 100 Å². The molecule has 1 unspecified atom stereocenters. The van der Waals surface area contributed by atoms with E-state index in [2.05, 4.69) is 19.2 Å². The van der Waals surface area contributed by atoms with Crippen molar-refractivity contribution in [2.75, 3.05) is 6.61 Å². The van der Waals surface area contributed by atoms with Crippen LogP contribution in [-0.4, -0.2) is 44.7 Å². The highest BCUT2D eigenvalue weighted by Crippen LogP contribution is 2.31. The molecule has 2 amide bonds. The average molecular weight is 481 g/mol. The molecule has 0 radical (unpaired) electrons. The van der Waals surface area contributed by atoms with Gasteiger partial charge >= 0.3 is 0 Å². The number of carbonyl (C=O) groups is 2. The molecule has 1 atom stereocenters. The molecule has 1 aromatic carbocycles. The fourth-order valence-electron chi connectivity index (χ4n) is 5.17. The van der Waals surface area contributed by atoms with E-state index in [9.17, 15) is 9.59 Å². The van der Waals surface area contributed by atoms with Crippen molar-refractivity contribution in [1.29, 1.82) is 0 Å². The van der Waals surface area contributed by atoms with Gasteiger partial charge in [0.1, 0.15) is 17.0 Å². The van der Waals surface area contributed by atoms with Gasteiger partial charge in [-0.1, -0.05) is 58.1 Å². The van der Waals surface area contributed by atoms with Crippen LogP contribution in [0.25, 0.3) is 0 Å². The molecule has 0 spiro atoms. The molecule has 190 valence electrons. The maximum atomic E-state index is 13.9.